The highest BCUT2D eigenvalue weighted by atomic mass is 16.5. The maximum Gasteiger partial charge on any atom is 0.333 e. The van der Waals surface area contributed by atoms with Crippen LogP contribution in [0.1, 0.15) is 19.8 Å². The van der Waals surface area contributed by atoms with E-state index in [4.69, 9.17) is 5.11 Å². The van der Waals surface area contributed by atoms with Crippen molar-refractivity contribution in [2.45, 2.75) is 19.8 Å². The third-order valence-electron chi connectivity index (χ3n) is 3.07. The van der Waals surface area contributed by atoms with Gasteiger partial charge in [0.05, 0.1) is 7.11 Å². The lowest BCUT2D eigenvalue weighted by atomic mass is 10.1. The number of ether oxygens (including phenoxy) is 1. The van der Waals surface area contributed by atoms with Gasteiger partial charge in [0.25, 0.3) is 0 Å². The first-order chi connectivity index (χ1) is 7.67. The molecule has 0 spiro atoms. The molecule has 1 saturated heterocycles. The molecule has 0 radical (unpaired) electrons. The molecule has 4 nitrogen and oxygen atoms in total. The molecule has 1 N–H and O–H groups in total. The maximum absolute atomic E-state index is 11.1. The van der Waals surface area contributed by atoms with Crippen LogP contribution in [0.4, 0.5) is 0 Å². The van der Waals surface area contributed by atoms with E-state index >= 15 is 0 Å². The van der Waals surface area contributed by atoms with Crippen LogP contribution in [0.2, 0.25) is 0 Å². The molecule has 92 valence electrons. The van der Waals surface area contributed by atoms with Crippen LogP contribution in [-0.4, -0.2) is 49.3 Å². The molecule has 0 aromatic heterocycles. The second-order valence-corrected chi connectivity index (χ2v) is 4.31. The van der Waals surface area contributed by atoms with Gasteiger partial charge in [0.1, 0.15) is 0 Å². The normalized spacial score (nSPS) is 22.4. The number of carbonyl (C=O) groups is 1. The summed E-state index contributed by atoms with van der Waals surface area (Å²) in [6.07, 6.45) is 3.94. The summed E-state index contributed by atoms with van der Waals surface area (Å²) in [5, 5.41) is 8.84. The number of methoxy groups -OCH3 is 1. The largest absolute Gasteiger partial charge is 0.466 e. The Morgan fingerprint density at radius 3 is 3.00 bits per heavy atom. The van der Waals surface area contributed by atoms with Gasteiger partial charge in [0.15, 0.2) is 0 Å². The van der Waals surface area contributed by atoms with Gasteiger partial charge >= 0.3 is 5.97 Å². The van der Waals surface area contributed by atoms with Gasteiger partial charge in [-0.05, 0) is 32.2 Å². The smallest absolute Gasteiger partial charge is 0.333 e. The first-order valence-corrected chi connectivity index (χ1v) is 5.75. The molecule has 0 amide bonds. The van der Waals surface area contributed by atoms with Crippen molar-refractivity contribution in [1.82, 2.24) is 4.90 Å². The van der Waals surface area contributed by atoms with Crippen molar-refractivity contribution < 1.29 is 14.6 Å². The van der Waals surface area contributed by atoms with Crippen LogP contribution in [0.25, 0.3) is 0 Å². The number of hydrogen-bond donors (Lipinski definition) is 1. The predicted molar refractivity (Wildman–Crippen MR) is 62.0 cm³/mol. The van der Waals surface area contributed by atoms with Crippen LogP contribution in [0.15, 0.2) is 11.6 Å². The highest BCUT2D eigenvalue weighted by Gasteiger charge is 2.20. The van der Waals surface area contributed by atoms with Gasteiger partial charge in [-0.1, -0.05) is 6.08 Å². The zero-order valence-corrected chi connectivity index (χ0v) is 10.1. The average molecular weight is 227 g/mol. The van der Waals surface area contributed by atoms with Crippen molar-refractivity contribution >= 4 is 5.97 Å². The van der Waals surface area contributed by atoms with E-state index in [1.807, 2.05) is 6.08 Å². The predicted octanol–water partition coefficient (Wildman–Crippen LogP) is 0.810. The summed E-state index contributed by atoms with van der Waals surface area (Å²) in [6.45, 7) is 4.91. The molecule has 1 heterocycles. The van der Waals surface area contributed by atoms with Crippen molar-refractivity contribution in [3.63, 3.8) is 0 Å². The molecule has 0 aromatic rings. The maximum atomic E-state index is 11.1. The fourth-order valence-electron chi connectivity index (χ4n) is 2.01. The molecule has 1 aliphatic rings. The zero-order valence-electron chi connectivity index (χ0n) is 10.1. The van der Waals surface area contributed by atoms with Gasteiger partial charge in [0.2, 0.25) is 0 Å². The van der Waals surface area contributed by atoms with Gasteiger partial charge in [-0.3, -0.25) is 4.90 Å². The Morgan fingerprint density at radius 1 is 1.62 bits per heavy atom. The Kier molecular flexibility index (Phi) is 5.49. The molecular weight excluding hydrogens is 206 g/mol. The standard InChI is InChI=1S/C12H21NO3/c1-10(12(15)16-2)3-6-13-7-4-11(9-13)5-8-14/h3,11,14H,4-9H2,1-2H3. The summed E-state index contributed by atoms with van der Waals surface area (Å²) in [5.41, 5.74) is 0.660. The summed E-state index contributed by atoms with van der Waals surface area (Å²) in [6, 6.07) is 0. The van der Waals surface area contributed by atoms with Crippen LogP contribution in [0.5, 0.6) is 0 Å². The van der Waals surface area contributed by atoms with Gasteiger partial charge in [-0.25, -0.2) is 4.79 Å². The number of nitrogens with zero attached hydrogens (tertiary/aromatic N) is 1. The molecule has 0 aromatic carbocycles. The minimum absolute atomic E-state index is 0.258. The molecule has 1 unspecified atom stereocenters. The molecule has 0 bridgehead atoms. The number of likely N-dealkylation sites (tertiary alicyclic amines) is 1. The van der Waals surface area contributed by atoms with E-state index in [1.54, 1.807) is 6.92 Å². The van der Waals surface area contributed by atoms with E-state index in [0.717, 1.165) is 32.5 Å². The zero-order chi connectivity index (χ0) is 12.0. The Bertz CT molecular complexity index is 263. The van der Waals surface area contributed by atoms with E-state index in [-0.39, 0.29) is 12.6 Å². The summed E-state index contributed by atoms with van der Waals surface area (Å²) in [7, 11) is 1.40. The van der Waals surface area contributed by atoms with Gasteiger partial charge < -0.3 is 9.84 Å². The summed E-state index contributed by atoms with van der Waals surface area (Å²) in [4.78, 5) is 13.4. The Hall–Kier alpha value is -0.870. The van der Waals surface area contributed by atoms with E-state index in [9.17, 15) is 4.79 Å². The van der Waals surface area contributed by atoms with Crippen LogP contribution in [0.3, 0.4) is 0 Å². The monoisotopic (exact) mass is 227 g/mol. The Morgan fingerprint density at radius 2 is 2.38 bits per heavy atom. The number of rotatable bonds is 5. The van der Waals surface area contributed by atoms with Crippen molar-refractivity contribution in [2.24, 2.45) is 5.92 Å². The van der Waals surface area contributed by atoms with E-state index in [0.29, 0.717) is 11.5 Å². The van der Waals surface area contributed by atoms with Gasteiger partial charge in [-0.15, -0.1) is 0 Å². The van der Waals surface area contributed by atoms with Crippen LogP contribution in [0, 0.1) is 5.92 Å². The molecule has 1 fully saturated rings. The SMILES string of the molecule is COC(=O)C(C)=CCN1CCC(CCO)C1. The number of aliphatic hydroxyl groups is 1. The van der Waals surface area contributed by atoms with Crippen LogP contribution in [-0.2, 0) is 9.53 Å². The molecule has 1 rings (SSSR count). The molecule has 4 heteroatoms. The lowest BCUT2D eigenvalue weighted by Gasteiger charge is -2.13. The van der Waals surface area contributed by atoms with Crippen LogP contribution < -0.4 is 0 Å². The van der Waals surface area contributed by atoms with Crippen molar-refractivity contribution in [3.05, 3.63) is 11.6 Å². The highest BCUT2D eigenvalue weighted by Crippen LogP contribution is 2.18. The molecule has 1 aliphatic heterocycles. The molecule has 1 atom stereocenters. The fraction of sp³-hybridized carbons (Fsp3) is 0.750. The highest BCUT2D eigenvalue weighted by molar-refractivity contribution is 5.87. The number of hydrogen-bond acceptors (Lipinski definition) is 4. The van der Waals surface area contributed by atoms with E-state index in [2.05, 4.69) is 9.64 Å². The summed E-state index contributed by atoms with van der Waals surface area (Å²) in [5.74, 6) is 0.350. The first-order valence-electron chi connectivity index (χ1n) is 5.75. The summed E-state index contributed by atoms with van der Waals surface area (Å²) < 4.78 is 4.63. The molecule has 0 saturated carbocycles. The molecule has 0 aliphatic carbocycles. The van der Waals surface area contributed by atoms with Gasteiger partial charge in [-0.2, -0.15) is 0 Å². The van der Waals surface area contributed by atoms with Crippen molar-refractivity contribution in [2.75, 3.05) is 33.4 Å². The first kappa shape index (κ1) is 13.2. The summed E-state index contributed by atoms with van der Waals surface area (Å²) >= 11 is 0. The van der Waals surface area contributed by atoms with Gasteiger partial charge in [0, 0.05) is 25.3 Å². The number of esters is 1. The minimum atomic E-state index is -0.258. The number of carbonyl (C=O) groups excluding carboxylic acids is 1. The fourth-order valence-corrected chi connectivity index (χ4v) is 2.01. The quantitative estimate of drug-likeness (QED) is 0.558. The number of aliphatic hydroxyl groups excluding tert-OH is 1. The molecule has 16 heavy (non-hydrogen) atoms. The lowest BCUT2D eigenvalue weighted by Crippen LogP contribution is -2.21. The van der Waals surface area contributed by atoms with E-state index < -0.39 is 0 Å². The third kappa shape index (κ3) is 3.94. The topological polar surface area (TPSA) is 49.8 Å². The Balaban J connectivity index is 2.31. The lowest BCUT2D eigenvalue weighted by molar-refractivity contribution is -0.136. The second-order valence-electron chi connectivity index (χ2n) is 4.31. The average Bonchev–Trinajstić information content (AvgIpc) is 2.73. The van der Waals surface area contributed by atoms with Crippen LogP contribution >= 0.6 is 0 Å². The third-order valence-corrected chi connectivity index (χ3v) is 3.07. The second kappa shape index (κ2) is 6.66. The van der Waals surface area contributed by atoms with Crippen molar-refractivity contribution in [1.29, 1.82) is 0 Å². The Labute approximate surface area is 96.9 Å². The van der Waals surface area contributed by atoms with Crippen molar-refractivity contribution in [3.8, 4) is 0 Å². The van der Waals surface area contributed by atoms with E-state index in [1.165, 1.54) is 7.11 Å². The minimum Gasteiger partial charge on any atom is -0.466 e. The molecular formula is C12H21NO3.